The van der Waals surface area contributed by atoms with Gasteiger partial charge in [-0.25, -0.2) is 8.42 Å². The van der Waals surface area contributed by atoms with Crippen molar-refractivity contribution in [3.63, 3.8) is 0 Å². The van der Waals surface area contributed by atoms with Crippen LogP contribution in [-0.2, 0) is 9.84 Å². The number of hydrogen-bond donors (Lipinski definition) is 0. The molecule has 1 amide bonds. The molecule has 1 atom stereocenters. The molecule has 27 heavy (non-hydrogen) atoms. The molecule has 0 aliphatic carbocycles. The van der Waals surface area contributed by atoms with Crippen molar-refractivity contribution in [2.45, 2.75) is 6.04 Å². The average Bonchev–Trinajstić information content (AvgIpc) is 3.00. The molecule has 0 saturated heterocycles. The van der Waals surface area contributed by atoms with Gasteiger partial charge in [0.2, 0.25) is 0 Å². The van der Waals surface area contributed by atoms with Crippen LogP contribution in [0.1, 0.15) is 10.4 Å². The number of carbonyl (C=O) groups is 1. The summed E-state index contributed by atoms with van der Waals surface area (Å²) in [6.45, 7) is 0. The fourth-order valence-electron chi connectivity index (χ4n) is 2.88. The van der Waals surface area contributed by atoms with Crippen LogP contribution in [0.3, 0.4) is 0 Å². The molecular formula is C19H18ClNO5S. The van der Waals surface area contributed by atoms with Gasteiger partial charge in [-0.15, -0.1) is 0 Å². The highest BCUT2D eigenvalue weighted by Crippen LogP contribution is 2.29. The molecule has 1 unspecified atom stereocenters. The minimum atomic E-state index is -3.36. The number of nitrogens with zero attached hydrogens (tertiary/aromatic N) is 1. The Labute approximate surface area is 162 Å². The van der Waals surface area contributed by atoms with Gasteiger partial charge in [0.05, 0.1) is 26.0 Å². The zero-order valence-electron chi connectivity index (χ0n) is 14.8. The summed E-state index contributed by atoms with van der Waals surface area (Å²) in [6.07, 6.45) is 1.51. The van der Waals surface area contributed by atoms with Gasteiger partial charge in [-0.3, -0.25) is 4.79 Å². The Hall–Kier alpha value is -2.51. The van der Waals surface area contributed by atoms with Crippen LogP contribution in [0.2, 0.25) is 5.02 Å². The predicted octanol–water partition coefficient (Wildman–Crippen LogP) is 3.31. The van der Waals surface area contributed by atoms with Gasteiger partial charge in [0, 0.05) is 27.7 Å². The number of benzene rings is 2. The molecule has 8 heteroatoms. The first kappa shape index (κ1) is 19.3. The van der Waals surface area contributed by atoms with Crippen molar-refractivity contribution in [3.05, 3.63) is 64.5 Å². The summed E-state index contributed by atoms with van der Waals surface area (Å²) in [6, 6.07) is 10.9. The summed E-state index contributed by atoms with van der Waals surface area (Å²) in [5, 5.41) is 1.58. The molecule has 1 aliphatic heterocycles. The largest absolute Gasteiger partial charge is 0.497 e. The van der Waals surface area contributed by atoms with Crippen LogP contribution < -0.4 is 14.4 Å². The number of amides is 1. The Kier molecular flexibility index (Phi) is 5.43. The fourth-order valence-corrected chi connectivity index (χ4v) is 4.33. The van der Waals surface area contributed by atoms with Crippen LogP contribution in [-0.4, -0.2) is 40.3 Å². The summed E-state index contributed by atoms with van der Waals surface area (Å²) in [4.78, 5) is 14.8. The topological polar surface area (TPSA) is 72.9 Å². The van der Waals surface area contributed by atoms with E-state index in [0.29, 0.717) is 27.8 Å². The Morgan fingerprint density at radius 3 is 2.30 bits per heavy atom. The molecule has 1 heterocycles. The number of rotatable bonds is 5. The van der Waals surface area contributed by atoms with E-state index in [4.69, 9.17) is 21.1 Å². The first-order valence-corrected chi connectivity index (χ1v) is 10.2. The summed E-state index contributed by atoms with van der Waals surface area (Å²) in [7, 11) is -0.377. The number of carbonyl (C=O) groups excluding carboxylic acids is 1. The maximum atomic E-state index is 13.3. The molecular weight excluding hydrogens is 390 g/mol. The first-order valence-electron chi connectivity index (χ1n) is 8.06. The van der Waals surface area contributed by atoms with E-state index in [1.54, 1.807) is 42.5 Å². The number of hydrogen-bond acceptors (Lipinski definition) is 5. The highest BCUT2D eigenvalue weighted by atomic mass is 35.5. The fraction of sp³-hybridized carbons (Fsp3) is 0.211. The van der Waals surface area contributed by atoms with Crippen LogP contribution in [0.25, 0.3) is 0 Å². The van der Waals surface area contributed by atoms with Crippen molar-refractivity contribution in [2.75, 3.05) is 24.9 Å². The average molecular weight is 408 g/mol. The van der Waals surface area contributed by atoms with Gasteiger partial charge in [0.15, 0.2) is 9.84 Å². The number of methoxy groups -OCH3 is 2. The molecule has 0 radical (unpaired) electrons. The van der Waals surface area contributed by atoms with E-state index in [-0.39, 0.29) is 11.7 Å². The van der Waals surface area contributed by atoms with Crippen molar-refractivity contribution >= 4 is 33.0 Å². The third kappa shape index (κ3) is 4.26. The zero-order chi connectivity index (χ0) is 19.6. The normalized spacial score (nSPS) is 17.5. The summed E-state index contributed by atoms with van der Waals surface area (Å²) >= 11 is 6.08. The minimum absolute atomic E-state index is 0.188. The summed E-state index contributed by atoms with van der Waals surface area (Å²) in [5.41, 5.74) is 0.810. The molecule has 1 aliphatic rings. The van der Waals surface area contributed by atoms with Crippen LogP contribution in [0.5, 0.6) is 11.5 Å². The van der Waals surface area contributed by atoms with E-state index in [9.17, 15) is 13.2 Å². The molecule has 2 aromatic rings. The zero-order valence-corrected chi connectivity index (χ0v) is 16.3. The van der Waals surface area contributed by atoms with Gasteiger partial charge in [-0.2, -0.15) is 0 Å². The molecule has 6 nitrogen and oxygen atoms in total. The highest BCUT2D eigenvalue weighted by Gasteiger charge is 2.32. The van der Waals surface area contributed by atoms with E-state index in [0.717, 1.165) is 5.41 Å². The number of sulfone groups is 1. The maximum absolute atomic E-state index is 13.3. The van der Waals surface area contributed by atoms with Crippen LogP contribution >= 0.6 is 11.6 Å². The van der Waals surface area contributed by atoms with E-state index >= 15 is 0 Å². The molecule has 0 bridgehead atoms. The smallest absolute Gasteiger partial charge is 0.259 e. The Bertz CT molecular complexity index is 981. The molecule has 0 aromatic heterocycles. The second-order valence-corrected chi connectivity index (χ2v) is 8.35. The minimum Gasteiger partial charge on any atom is -0.497 e. The quantitative estimate of drug-likeness (QED) is 0.760. The molecule has 142 valence electrons. The van der Waals surface area contributed by atoms with Gasteiger partial charge in [0.25, 0.3) is 5.91 Å². The van der Waals surface area contributed by atoms with Gasteiger partial charge in [-0.1, -0.05) is 17.7 Å². The van der Waals surface area contributed by atoms with Crippen LogP contribution in [0.15, 0.2) is 53.9 Å². The van der Waals surface area contributed by atoms with Crippen molar-refractivity contribution in [3.8, 4) is 11.5 Å². The lowest BCUT2D eigenvalue weighted by atomic mass is 10.1. The van der Waals surface area contributed by atoms with Gasteiger partial charge >= 0.3 is 0 Å². The summed E-state index contributed by atoms with van der Waals surface area (Å²) in [5.74, 6) is 0.338. The van der Waals surface area contributed by atoms with Crippen molar-refractivity contribution in [2.24, 2.45) is 0 Å². The molecule has 0 saturated carbocycles. The van der Waals surface area contributed by atoms with Gasteiger partial charge in [-0.05, 0) is 36.4 Å². The molecule has 0 fully saturated rings. The molecule has 2 aromatic carbocycles. The van der Waals surface area contributed by atoms with E-state index < -0.39 is 15.9 Å². The second-order valence-electron chi connectivity index (χ2n) is 5.98. The standard InChI is InChI=1S/C19H18ClNO5S/c1-25-17-8-13(9-18(11-17)26-2)19(22)21(15-5-3-4-14(20)10-15)16-6-7-27(23,24)12-16/h3-11,16H,12H2,1-2H3. The molecule has 3 rings (SSSR count). The van der Waals surface area contributed by atoms with E-state index in [2.05, 4.69) is 0 Å². The number of halogens is 1. The molecule has 0 N–H and O–H groups in total. The van der Waals surface area contributed by atoms with Crippen molar-refractivity contribution in [1.82, 2.24) is 0 Å². The van der Waals surface area contributed by atoms with Crippen LogP contribution in [0.4, 0.5) is 5.69 Å². The third-order valence-electron chi connectivity index (χ3n) is 4.15. The SMILES string of the molecule is COc1cc(OC)cc(C(=O)N(c2cccc(Cl)c2)C2C=CS(=O)(=O)C2)c1. The first-order chi connectivity index (χ1) is 12.8. The second kappa shape index (κ2) is 7.62. The molecule has 0 spiro atoms. The lowest BCUT2D eigenvalue weighted by Crippen LogP contribution is -2.41. The highest BCUT2D eigenvalue weighted by molar-refractivity contribution is 7.94. The Morgan fingerprint density at radius 2 is 1.78 bits per heavy atom. The third-order valence-corrected chi connectivity index (χ3v) is 5.76. The van der Waals surface area contributed by atoms with Crippen molar-refractivity contribution in [1.29, 1.82) is 0 Å². The Morgan fingerprint density at radius 1 is 1.11 bits per heavy atom. The van der Waals surface area contributed by atoms with Gasteiger partial charge < -0.3 is 14.4 Å². The van der Waals surface area contributed by atoms with Crippen LogP contribution in [0, 0.1) is 0 Å². The predicted molar refractivity (Wildman–Crippen MR) is 105 cm³/mol. The number of ether oxygens (including phenoxy) is 2. The van der Waals surface area contributed by atoms with E-state index in [1.165, 1.54) is 25.2 Å². The lowest BCUT2D eigenvalue weighted by Gasteiger charge is -2.28. The van der Waals surface area contributed by atoms with Crippen molar-refractivity contribution < 1.29 is 22.7 Å². The van der Waals surface area contributed by atoms with E-state index in [1.807, 2.05) is 0 Å². The number of anilines is 1. The lowest BCUT2D eigenvalue weighted by molar-refractivity contribution is 0.0982. The Balaban J connectivity index is 2.08. The van der Waals surface area contributed by atoms with Gasteiger partial charge in [0.1, 0.15) is 11.5 Å². The summed E-state index contributed by atoms with van der Waals surface area (Å²) < 4.78 is 34.3. The maximum Gasteiger partial charge on any atom is 0.259 e. The monoisotopic (exact) mass is 407 g/mol.